The fraction of sp³-hybridized carbons (Fsp3) is 0.333. The van der Waals surface area contributed by atoms with Crippen LogP contribution in [0.15, 0.2) is 48.5 Å². The molecule has 1 aliphatic rings. The van der Waals surface area contributed by atoms with Crippen molar-refractivity contribution in [3.8, 4) is 5.75 Å². The van der Waals surface area contributed by atoms with Gasteiger partial charge in [0.1, 0.15) is 11.9 Å². The van der Waals surface area contributed by atoms with Crippen LogP contribution < -0.4 is 10.1 Å². The highest BCUT2D eigenvalue weighted by atomic mass is 16.5. The van der Waals surface area contributed by atoms with E-state index in [9.17, 15) is 9.59 Å². The Kier molecular flexibility index (Phi) is 6.08. The number of hydrogen-bond donors (Lipinski definition) is 1. The van der Waals surface area contributed by atoms with Crippen molar-refractivity contribution in [2.45, 2.75) is 25.5 Å². The summed E-state index contributed by atoms with van der Waals surface area (Å²) in [6.07, 6.45) is 1.22. The van der Waals surface area contributed by atoms with Crippen LogP contribution in [-0.4, -0.2) is 43.6 Å². The molecule has 0 aromatic heterocycles. The third kappa shape index (κ3) is 4.86. The van der Waals surface area contributed by atoms with Gasteiger partial charge in [-0.05, 0) is 48.7 Å². The Hall–Kier alpha value is -2.86. The third-order valence-electron chi connectivity index (χ3n) is 4.50. The molecule has 6 heteroatoms. The van der Waals surface area contributed by atoms with Crippen LogP contribution >= 0.6 is 0 Å². The summed E-state index contributed by atoms with van der Waals surface area (Å²) >= 11 is 0. The van der Waals surface area contributed by atoms with Gasteiger partial charge < -0.3 is 19.7 Å². The molecular formula is C21H24N2O4. The number of rotatable bonds is 6. The predicted octanol–water partition coefficient (Wildman–Crippen LogP) is 3.08. The van der Waals surface area contributed by atoms with Gasteiger partial charge in [-0.1, -0.05) is 18.2 Å². The maximum Gasteiger partial charge on any atom is 0.253 e. The van der Waals surface area contributed by atoms with Gasteiger partial charge in [0, 0.05) is 31.5 Å². The molecule has 3 rings (SSSR count). The van der Waals surface area contributed by atoms with Gasteiger partial charge in [-0.25, -0.2) is 0 Å². The summed E-state index contributed by atoms with van der Waals surface area (Å²) in [5.74, 6) is 0.472. The fourth-order valence-corrected chi connectivity index (χ4v) is 3.07. The minimum absolute atomic E-state index is 0.119. The molecule has 1 fully saturated rings. The minimum Gasteiger partial charge on any atom is -0.497 e. The molecule has 0 spiro atoms. The van der Waals surface area contributed by atoms with E-state index >= 15 is 0 Å². The summed E-state index contributed by atoms with van der Waals surface area (Å²) in [5, 5.41) is 2.83. The van der Waals surface area contributed by atoms with E-state index in [1.165, 1.54) is 0 Å². The molecule has 0 radical (unpaired) electrons. The predicted molar refractivity (Wildman–Crippen MR) is 103 cm³/mol. The van der Waals surface area contributed by atoms with Crippen molar-refractivity contribution in [1.82, 2.24) is 4.90 Å². The number of nitrogens with zero attached hydrogens (tertiary/aromatic N) is 1. The molecule has 2 aromatic carbocycles. The SMILES string of the molecule is COc1cccc(CN(C)C(=O)c2cccc(NC(=O)C3CCCO3)c2)c1. The zero-order valence-corrected chi connectivity index (χ0v) is 15.6. The number of carbonyl (C=O) groups is 2. The lowest BCUT2D eigenvalue weighted by Gasteiger charge is -2.18. The molecule has 6 nitrogen and oxygen atoms in total. The van der Waals surface area contributed by atoms with Gasteiger partial charge in [0.15, 0.2) is 0 Å². The Balaban J connectivity index is 1.65. The lowest BCUT2D eigenvalue weighted by molar-refractivity contribution is -0.124. The van der Waals surface area contributed by atoms with Gasteiger partial charge in [-0.15, -0.1) is 0 Å². The van der Waals surface area contributed by atoms with Gasteiger partial charge in [-0.2, -0.15) is 0 Å². The van der Waals surface area contributed by atoms with E-state index in [0.29, 0.717) is 24.4 Å². The van der Waals surface area contributed by atoms with Crippen molar-refractivity contribution in [3.63, 3.8) is 0 Å². The first kappa shape index (κ1) is 18.9. The van der Waals surface area contributed by atoms with Crippen LogP contribution in [0.4, 0.5) is 5.69 Å². The van der Waals surface area contributed by atoms with Crippen LogP contribution in [0.2, 0.25) is 0 Å². The molecular weight excluding hydrogens is 344 g/mol. The van der Waals surface area contributed by atoms with Gasteiger partial charge in [0.05, 0.1) is 7.11 Å². The summed E-state index contributed by atoms with van der Waals surface area (Å²) in [7, 11) is 3.36. The van der Waals surface area contributed by atoms with Gasteiger partial charge in [0.25, 0.3) is 11.8 Å². The summed E-state index contributed by atoms with van der Waals surface area (Å²) < 4.78 is 10.6. The molecule has 2 amide bonds. The Morgan fingerprint density at radius 2 is 2.04 bits per heavy atom. The molecule has 1 aliphatic heterocycles. The second-order valence-corrected chi connectivity index (χ2v) is 6.58. The Labute approximate surface area is 159 Å². The maximum absolute atomic E-state index is 12.8. The monoisotopic (exact) mass is 368 g/mol. The number of amides is 2. The number of anilines is 1. The number of carbonyl (C=O) groups excluding carboxylic acids is 2. The molecule has 1 saturated heterocycles. The number of nitrogens with one attached hydrogen (secondary N) is 1. The number of benzene rings is 2. The highest BCUT2D eigenvalue weighted by Gasteiger charge is 2.23. The first-order chi connectivity index (χ1) is 13.1. The summed E-state index contributed by atoms with van der Waals surface area (Å²) in [4.78, 5) is 26.6. The summed E-state index contributed by atoms with van der Waals surface area (Å²) in [6, 6.07) is 14.6. The highest BCUT2D eigenvalue weighted by molar-refractivity contribution is 5.98. The van der Waals surface area contributed by atoms with E-state index in [4.69, 9.17) is 9.47 Å². The molecule has 1 unspecified atom stereocenters. The average Bonchev–Trinajstić information content (AvgIpc) is 3.22. The van der Waals surface area contributed by atoms with E-state index < -0.39 is 6.10 Å². The second kappa shape index (κ2) is 8.68. The lowest BCUT2D eigenvalue weighted by atomic mass is 10.1. The van der Waals surface area contributed by atoms with Crippen molar-refractivity contribution in [2.24, 2.45) is 0 Å². The molecule has 1 atom stereocenters. The van der Waals surface area contributed by atoms with Crippen molar-refractivity contribution in [1.29, 1.82) is 0 Å². The minimum atomic E-state index is -0.403. The quantitative estimate of drug-likeness (QED) is 0.851. The van der Waals surface area contributed by atoms with Crippen LogP contribution in [0, 0.1) is 0 Å². The first-order valence-electron chi connectivity index (χ1n) is 8.98. The Bertz CT molecular complexity index is 815. The second-order valence-electron chi connectivity index (χ2n) is 6.58. The molecule has 0 saturated carbocycles. The van der Waals surface area contributed by atoms with Crippen LogP contribution in [0.3, 0.4) is 0 Å². The number of methoxy groups -OCH3 is 1. The van der Waals surface area contributed by atoms with E-state index in [-0.39, 0.29) is 11.8 Å². The van der Waals surface area contributed by atoms with Crippen LogP contribution in [0.1, 0.15) is 28.8 Å². The summed E-state index contributed by atoms with van der Waals surface area (Å²) in [6.45, 7) is 1.08. The number of ether oxygens (including phenoxy) is 2. The third-order valence-corrected chi connectivity index (χ3v) is 4.50. The molecule has 27 heavy (non-hydrogen) atoms. The van der Waals surface area contributed by atoms with Crippen LogP contribution in [0.25, 0.3) is 0 Å². The number of hydrogen-bond acceptors (Lipinski definition) is 4. The average molecular weight is 368 g/mol. The molecule has 1 heterocycles. The smallest absolute Gasteiger partial charge is 0.253 e. The largest absolute Gasteiger partial charge is 0.497 e. The van der Waals surface area contributed by atoms with Gasteiger partial charge in [0.2, 0.25) is 0 Å². The topological polar surface area (TPSA) is 67.9 Å². The standard InChI is InChI=1S/C21H24N2O4/c1-23(14-15-6-3-9-18(12-15)26-2)21(25)16-7-4-8-17(13-16)22-20(24)19-10-5-11-27-19/h3-4,6-9,12-13,19H,5,10-11,14H2,1-2H3,(H,22,24). The zero-order valence-electron chi connectivity index (χ0n) is 15.6. The van der Waals surface area contributed by atoms with Crippen molar-refractivity contribution in [3.05, 3.63) is 59.7 Å². The van der Waals surface area contributed by atoms with Crippen molar-refractivity contribution < 1.29 is 19.1 Å². The van der Waals surface area contributed by atoms with E-state index in [1.807, 2.05) is 24.3 Å². The van der Waals surface area contributed by atoms with E-state index in [1.54, 1.807) is 43.3 Å². The van der Waals surface area contributed by atoms with Crippen molar-refractivity contribution >= 4 is 17.5 Å². The maximum atomic E-state index is 12.8. The molecule has 2 aromatic rings. The highest BCUT2D eigenvalue weighted by Crippen LogP contribution is 2.18. The van der Waals surface area contributed by atoms with E-state index in [2.05, 4.69) is 5.32 Å². The van der Waals surface area contributed by atoms with Crippen LogP contribution in [0.5, 0.6) is 5.75 Å². The molecule has 0 bridgehead atoms. The first-order valence-corrected chi connectivity index (χ1v) is 8.98. The van der Waals surface area contributed by atoms with Gasteiger partial charge in [-0.3, -0.25) is 9.59 Å². The molecule has 142 valence electrons. The zero-order chi connectivity index (χ0) is 19.2. The van der Waals surface area contributed by atoms with Crippen LogP contribution in [-0.2, 0) is 16.1 Å². The Morgan fingerprint density at radius 1 is 1.22 bits per heavy atom. The summed E-state index contributed by atoms with van der Waals surface area (Å²) in [5.41, 5.74) is 2.09. The van der Waals surface area contributed by atoms with Gasteiger partial charge >= 0.3 is 0 Å². The Morgan fingerprint density at radius 3 is 2.78 bits per heavy atom. The fourth-order valence-electron chi connectivity index (χ4n) is 3.07. The van der Waals surface area contributed by atoms with E-state index in [0.717, 1.165) is 24.2 Å². The normalized spacial score (nSPS) is 16.0. The van der Waals surface area contributed by atoms with Crippen molar-refractivity contribution in [2.75, 3.05) is 26.1 Å². The lowest BCUT2D eigenvalue weighted by Crippen LogP contribution is -2.28. The molecule has 1 N–H and O–H groups in total. The molecule has 0 aliphatic carbocycles.